The zero-order valence-electron chi connectivity index (χ0n) is 16.9. The monoisotopic (exact) mass is 510 g/mol. The van der Waals surface area contributed by atoms with Crippen molar-refractivity contribution in [1.29, 1.82) is 0 Å². The Morgan fingerprint density at radius 1 is 0.633 bits per heavy atom. The smallest absolute Gasteiger partial charge is 0.297 e. The second-order valence-corrected chi connectivity index (χ2v) is 13.7. The van der Waals surface area contributed by atoms with Crippen LogP contribution in [0.15, 0.2) is 0 Å². The van der Waals surface area contributed by atoms with Gasteiger partial charge in [0.2, 0.25) is 9.84 Å². The van der Waals surface area contributed by atoms with E-state index in [0.717, 1.165) is 41.5 Å². The van der Waals surface area contributed by atoms with E-state index in [1.54, 1.807) is 0 Å². The maximum Gasteiger partial charge on any atom is 0.428 e. The molecule has 0 saturated carbocycles. The molecule has 0 atom stereocenters. The van der Waals surface area contributed by atoms with E-state index in [-0.39, 0.29) is 6.92 Å². The maximum atomic E-state index is 14.6. The second-order valence-electron chi connectivity index (χ2n) is 8.74. The van der Waals surface area contributed by atoms with Gasteiger partial charge in [0.1, 0.15) is 0 Å². The minimum atomic E-state index is -7.15. The van der Waals surface area contributed by atoms with Gasteiger partial charge in [-0.05, 0) is 6.92 Å². The van der Waals surface area contributed by atoms with Crippen LogP contribution in [0.1, 0.15) is 48.5 Å². The second kappa shape index (κ2) is 7.32. The van der Waals surface area contributed by atoms with Crippen molar-refractivity contribution in [2.45, 2.75) is 69.6 Å². The van der Waals surface area contributed by atoms with E-state index < -0.39 is 62.5 Å². The molecule has 0 aliphatic carbocycles. The van der Waals surface area contributed by atoms with Crippen LogP contribution in [0.4, 0.5) is 26.3 Å². The van der Waals surface area contributed by atoms with E-state index in [1.165, 1.54) is 0 Å². The number of alkyl halides is 6. The summed E-state index contributed by atoms with van der Waals surface area (Å²) in [6.07, 6.45) is 0. The summed E-state index contributed by atoms with van der Waals surface area (Å²) in [5, 5.41) is -13.7. The maximum absolute atomic E-state index is 14.6. The molecule has 0 fully saturated rings. The highest BCUT2D eigenvalue weighted by molar-refractivity contribution is 8.14. The van der Waals surface area contributed by atoms with E-state index in [9.17, 15) is 52.8 Å². The third-order valence-electron chi connectivity index (χ3n) is 4.14. The van der Waals surface area contributed by atoms with Crippen LogP contribution in [0, 0.1) is 10.8 Å². The number of rotatable bonds is 7. The fourth-order valence-corrected chi connectivity index (χ4v) is 5.39. The third kappa shape index (κ3) is 3.98. The molecule has 0 amide bonds. The lowest BCUT2D eigenvalue weighted by molar-refractivity contribution is -0.243. The minimum absolute atomic E-state index is 0.0980. The van der Waals surface area contributed by atoms with Gasteiger partial charge in [0.25, 0.3) is 0 Å². The normalized spacial score (nSPS) is 15.8. The summed E-state index contributed by atoms with van der Waals surface area (Å²) in [5.74, 6) is -10.7. The molecular formula is C15H21ClF6O6S2. The Kier molecular flexibility index (Phi) is 7.11. The Balaban J connectivity index is 7.41. The fraction of sp³-hybridized carbons (Fsp3) is 0.867. The summed E-state index contributed by atoms with van der Waals surface area (Å²) >= 11 is 0. The number of halogens is 7. The van der Waals surface area contributed by atoms with Gasteiger partial charge in [-0.2, -0.15) is 26.3 Å². The van der Waals surface area contributed by atoms with E-state index in [2.05, 4.69) is 10.7 Å². The first-order valence-corrected chi connectivity index (χ1v) is 11.8. The van der Waals surface area contributed by atoms with Crippen LogP contribution in [0.25, 0.3) is 0 Å². The molecule has 0 bridgehead atoms. The van der Waals surface area contributed by atoms with Gasteiger partial charge in [-0.15, -0.1) is 0 Å². The third-order valence-corrected chi connectivity index (χ3v) is 7.97. The van der Waals surface area contributed by atoms with E-state index in [4.69, 9.17) is 0 Å². The minimum Gasteiger partial charge on any atom is -0.297 e. The van der Waals surface area contributed by atoms with Crippen molar-refractivity contribution in [3.63, 3.8) is 0 Å². The first kappa shape index (κ1) is 29.1. The van der Waals surface area contributed by atoms with E-state index in [1.807, 2.05) is 0 Å². The molecule has 15 heteroatoms. The molecule has 0 radical (unpaired) electrons. The van der Waals surface area contributed by atoms with Crippen molar-refractivity contribution in [2.24, 2.45) is 10.8 Å². The molecule has 0 aromatic carbocycles. The molecule has 0 aliphatic rings. The summed E-state index contributed by atoms with van der Waals surface area (Å²) in [5.41, 5.74) is -3.79. The zero-order valence-corrected chi connectivity index (χ0v) is 19.3. The molecule has 30 heavy (non-hydrogen) atoms. The SMILES string of the molecule is CC(C)(C)C(=O)C(C)(C(=O)C(C)(C)C)S(=O)(=O)C(F)(F)C(F)(F)C(F)(F)S(=O)(=O)Cl. The number of hydrogen-bond donors (Lipinski definition) is 0. The average Bonchev–Trinajstić information content (AvgIpc) is 2.48. The largest absolute Gasteiger partial charge is 0.428 e. The van der Waals surface area contributed by atoms with Crippen LogP contribution in [-0.2, 0) is 28.5 Å². The molecule has 0 spiro atoms. The Morgan fingerprint density at radius 2 is 0.900 bits per heavy atom. The molecule has 0 heterocycles. The lowest BCUT2D eigenvalue weighted by atomic mass is 9.75. The van der Waals surface area contributed by atoms with Crippen molar-refractivity contribution in [3.8, 4) is 0 Å². The van der Waals surface area contributed by atoms with E-state index >= 15 is 0 Å². The summed E-state index contributed by atoms with van der Waals surface area (Å²) in [6.45, 7) is 5.97. The number of Topliss-reactive ketones (excluding diaryl/α,β-unsaturated/α-hetero) is 2. The van der Waals surface area contributed by atoms with Crippen LogP contribution in [0.2, 0.25) is 0 Å². The average molecular weight is 511 g/mol. The van der Waals surface area contributed by atoms with Crippen LogP contribution < -0.4 is 0 Å². The van der Waals surface area contributed by atoms with E-state index in [0.29, 0.717) is 0 Å². The Bertz CT molecular complexity index is 917. The summed E-state index contributed by atoms with van der Waals surface area (Å²) in [7, 11) is -9.79. The molecule has 0 aromatic heterocycles. The van der Waals surface area contributed by atoms with Crippen molar-refractivity contribution in [2.75, 3.05) is 0 Å². The van der Waals surface area contributed by atoms with Gasteiger partial charge in [0.05, 0.1) is 0 Å². The lowest BCUT2D eigenvalue weighted by Crippen LogP contribution is -2.68. The number of hydrogen-bond acceptors (Lipinski definition) is 6. The summed E-state index contributed by atoms with van der Waals surface area (Å²) in [6, 6.07) is 0. The highest BCUT2D eigenvalue weighted by Gasteiger charge is 2.84. The first-order chi connectivity index (χ1) is 12.6. The predicted molar refractivity (Wildman–Crippen MR) is 95.9 cm³/mol. The van der Waals surface area contributed by atoms with Crippen LogP contribution in [0.5, 0.6) is 0 Å². The number of carbonyl (C=O) groups excluding carboxylic acids is 2. The van der Waals surface area contributed by atoms with Gasteiger partial charge in [-0.1, -0.05) is 41.5 Å². The molecule has 0 aliphatic heterocycles. The number of carbonyl (C=O) groups is 2. The van der Waals surface area contributed by atoms with Crippen molar-refractivity contribution in [3.05, 3.63) is 0 Å². The summed E-state index contributed by atoms with van der Waals surface area (Å²) in [4.78, 5) is 25.5. The molecule has 6 nitrogen and oxygen atoms in total. The Labute approximate surface area is 174 Å². The highest BCUT2D eigenvalue weighted by atomic mass is 35.7. The van der Waals surface area contributed by atoms with Gasteiger partial charge in [-0.25, -0.2) is 16.8 Å². The van der Waals surface area contributed by atoms with Gasteiger partial charge in [-0.3, -0.25) is 9.59 Å². The Morgan fingerprint density at radius 3 is 1.10 bits per heavy atom. The molecule has 0 saturated heterocycles. The molecule has 0 unspecified atom stereocenters. The van der Waals surface area contributed by atoms with Crippen molar-refractivity contribution < 1.29 is 52.8 Å². The highest BCUT2D eigenvalue weighted by Crippen LogP contribution is 2.55. The first-order valence-electron chi connectivity index (χ1n) is 7.98. The molecule has 178 valence electrons. The standard InChI is InChI=1S/C15H21ClF6O6S2/c1-10(2,3)8(23)12(7,9(24)11(4,5)6)29(25,26)14(19,20)13(17,18)15(21,22)30(16,27)28/h1-7H3. The molecule has 0 rings (SSSR count). The number of ketones is 2. The van der Waals surface area contributed by atoms with Gasteiger partial charge in [0, 0.05) is 21.5 Å². The number of sulfone groups is 1. The summed E-state index contributed by atoms with van der Waals surface area (Å²) < 4.78 is 127. The fourth-order valence-electron chi connectivity index (χ4n) is 2.53. The zero-order chi connectivity index (χ0) is 25.2. The Hall–Kier alpha value is -0.890. The van der Waals surface area contributed by atoms with Gasteiger partial charge in [0.15, 0.2) is 16.3 Å². The van der Waals surface area contributed by atoms with Gasteiger partial charge >= 0.3 is 25.5 Å². The quantitative estimate of drug-likeness (QED) is 0.293. The van der Waals surface area contributed by atoms with Gasteiger partial charge < -0.3 is 0 Å². The van der Waals surface area contributed by atoms with Crippen LogP contribution in [-0.4, -0.2) is 49.6 Å². The lowest BCUT2D eigenvalue weighted by Gasteiger charge is -2.40. The molecular weight excluding hydrogens is 490 g/mol. The van der Waals surface area contributed by atoms with Crippen LogP contribution in [0.3, 0.4) is 0 Å². The topological polar surface area (TPSA) is 102 Å². The molecule has 0 N–H and O–H groups in total. The van der Waals surface area contributed by atoms with Crippen LogP contribution >= 0.6 is 10.7 Å². The predicted octanol–water partition coefficient (Wildman–Crippen LogP) is 3.78. The van der Waals surface area contributed by atoms with Crippen molar-refractivity contribution in [1.82, 2.24) is 0 Å². The molecule has 0 aromatic rings. The van der Waals surface area contributed by atoms with Crippen molar-refractivity contribution >= 4 is 41.1 Å².